The average molecular weight is 382 g/mol. The highest BCUT2D eigenvalue weighted by Crippen LogP contribution is 2.36. The minimum atomic E-state index is -3.77. The van der Waals surface area contributed by atoms with E-state index in [0.29, 0.717) is 11.8 Å². The Kier molecular flexibility index (Phi) is 4.52. The molecule has 140 valence electrons. The standard InChI is InChI=1S/C21H22N2O3S/c1-15-9-11-17(12-10-15)27(24,25)20-21(23-13-5-6-14-23)26-19(22-20)18-8-4-3-7-16(18)2/h3-4,7-12H,5-6,13-14H2,1-2H3. The molecule has 6 heteroatoms. The van der Waals surface area contributed by atoms with Gasteiger partial charge in [0, 0.05) is 18.7 Å². The summed E-state index contributed by atoms with van der Waals surface area (Å²) in [6, 6.07) is 14.5. The zero-order chi connectivity index (χ0) is 19.0. The van der Waals surface area contributed by atoms with Gasteiger partial charge in [0.25, 0.3) is 0 Å². The van der Waals surface area contributed by atoms with Gasteiger partial charge in [0.15, 0.2) is 0 Å². The summed E-state index contributed by atoms with van der Waals surface area (Å²) in [5.74, 6) is 0.701. The quantitative estimate of drug-likeness (QED) is 0.669. The number of aromatic nitrogens is 1. The number of rotatable bonds is 4. The molecule has 0 unspecified atom stereocenters. The summed E-state index contributed by atoms with van der Waals surface area (Å²) in [6.45, 7) is 5.44. The Balaban J connectivity index is 1.88. The van der Waals surface area contributed by atoms with Crippen LogP contribution in [0.4, 0.5) is 5.88 Å². The van der Waals surface area contributed by atoms with Gasteiger partial charge in [-0.15, -0.1) is 0 Å². The smallest absolute Gasteiger partial charge is 0.236 e. The van der Waals surface area contributed by atoms with Crippen molar-refractivity contribution in [1.82, 2.24) is 4.98 Å². The third kappa shape index (κ3) is 3.25. The molecule has 4 rings (SSSR count). The third-order valence-electron chi connectivity index (χ3n) is 4.93. The second kappa shape index (κ2) is 6.85. The van der Waals surface area contributed by atoms with Crippen LogP contribution < -0.4 is 4.90 Å². The molecule has 0 amide bonds. The van der Waals surface area contributed by atoms with Crippen LogP contribution in [0.25, 0.3) is 11.5 Å². The predicted molar refractivity (Wildman–Crippen MR) is 105 cm³/mol. The number of hydrogen-bond acceptors (Lipinski definition) is 5. The van der Waals surface area contributed by atoms with Crippen molar-refractivity contribution in [2.24, 2.45) is 0 Å². The van der Waals surface area contributed by atoms with Crippen molar-refractivity contribution in [3.05, 3.63) is 59.7 Å². The van der Waals surface area contributed by atoms with E-state index in [1.807, 2.05) is 43.0 Å². The number of benzene rings is 2. The van der Waals surface area contributed by atoms with Gasteiger partial charge in [-0.3, -0.25) is 0 Å². The highest BCUT2D eigenvalue weighted by Gasteiger charge is 2.32. The predicted octanol–water partition coefficient (Wildman–Crippen LogP) is 4.39. The second-order valence-corrected chi connectivity index (χ2v) is 8.82. The van der Waals surface area contributed by atoms with Gasteiger partial charge in [-0.05, 0) is 50.5 Å². The maximum atomic E-state index is 13.3. The van der Waals surface area contributed by atoms with Crippen molar-refractivity contribution in [3.8, 4) is 11.5 Å². The van der Waals surface area contributed by atoms with Gasteiger partial charge in [0.1, 0.15) is 0 Å². The van der Waals surface area contributed by atoms with E-state index in [4.69, 9.17) is 4.42 Å². The molecule has 0 bridgehead atoms. The zero-order valence-corrected chi connectivity index (χ0v) is 16.3. The molecule has 1 aliphatic rings. The maximum Gasteiger partial charge on any atom is 0.236 e. The van der Waals surface area contributed by atoms with Crippen LogP contribution in [0, 0.1) is 13.8 Å². The molecule has 0 atom stereocenters. The molecule has 0 aliphatic carbocycles. The van der Waals surface area contributed by atoms with E-state index in [-0.39, 0.29) is 9.92 Å². The molecular weight excluding hydrogens is 360 g/mol. The van der Waals surface area contributed by atoms with Crippen LogP contribution in [0.5, 0.6) is 0 Å². The fourth-order valence-corrected chi connectivity index (χ4v) is 4.67. The molecule has 27 heavy (non-hydrogen) atoms. The highest BCUT2D eigenvalue weighted by atomic mass is 32.2. The number of nitrogens with zero attached hydrogens (tertiary/aromatic N) is 2. The van der Waals surface area contributed by atoms with Gasteiger partial charge in [0.2, 0.25) is 26.6 Å². The van der Waals surface area contributed by atoms with Crippen LogP contribution in [0.15, 0.2) is 62.9 Å². The lowest BCUT2D eigenvalue weighted by molar-refractivity contribution is 0.556. The largest absolute Gasteiger partial charge is 0.419 e. The Hall–Kier alpha value is -2.60. The zero-order valence-electron chi connectivity index (χ0n) is 15.5. The van der Waals surface area contributed by atoms with Crippen LogP contribution in [-0.2, 0) is 9.84 Å². The van der Waals surface area contributed by atoms with E-state index >= 15 is 0 Å². The maximum absolute atomic E-state index is 13.3. The van der Waals surface area contributed by atoms with E-state index in [9.17, 15) is 8.42 Å². The van der Waals surface area contributed by atoms with E-state index in [1.54, 1.807) is 24.3 Å². The SMILES string of the molecule is Cc1ccc(S(=O)(=O)c2nc(-c3ccccc3C)oc2N2CCCC2)cc1. The molecule has 1 saturated heterocycles. The molecular formula is C21H22N2O3S. The minimum Gasteiger partial charge on any atom is -0.419 e. The summed E-state index contributed by atoms with van der Waals surface area (Å²) < 4.78 is 32.6. The van der Waals surface area contributed by atoms with Gasteiger partial charge < -0.3 is 9.32 Å². The summed E-state index contributed by atoms with van der Waals surface area (Å²) in [7, 11) is -3.77. The van der Waals surface area contributed by atoms with Crippen molar-refractivity contribution in [2.75, 3.05) is 18.0 Å². The van der Waals surface area contributed by atoms with Gasteiger partial charge >= 0.3 is 0 Å². The number of sulfone groups is 1. The Morgan fingerprint density at radius 3 is 2.30 bits per heavy atom. The van der Waals surface area contributed by atoms with E-state index in [0.717, 1.165) is 42.6 Å². The fourth-order valence-electron chi connectivity index (χ4n) is 3.35. The van der Waals surface area contributed by atoms with Crippen molar-refractivity contribution >= 4 is 15.7 Å². The van der Waals surface area contributed by atoms with Crippen LogP contribution in [0.2, 0.25) is 0 Å². The Labute approximate surface area is 159 Å². The first-order valence-electron chi connectivity index (χ1n) is 9.10. The first-order chi connectivity index (χ1) is 13.0. The summed E-state index contributed by atoms with van der Waals surface area (Å²) in [4.78, 5) is 6.68. The van der Waals surface area contributed by atoms with Crippen LogP contribution >= 0.6 is 0 Å². The Bertz CT molecular complexity index is 1060. The fraction of sp³-hybridized carbons (Fsp3) is 0.286. The van der Waals surface area contributed by atoms with Gasteiger partial charge in [-0.2, -0.15) is 4.98 Å². The monoisotopic (exact) mass is 382 g/mol. The summed E-state index contributed by atoms with van der Waals surface area (Å²) in [5, 5.41) is 0.00602. The normalized spacial score (nSPS) is 14.7. The number of hydrogen-bond donors (Lipinski definition) is 0. The first kappa shape index (κ1) is 17.8. The Morgan fingerprint density at radius 1 is 0.963 bits per heavy atom. The summed E-state index contributed by atoms with van der Waals surface area (Å²) >= 11 is 0. The second-order valence-electron chi connectivity index (χ2n) is 6.95. The van der Waals surface area contributed by atoms with Gasteiger partial charge in [0.05, 0.1) is 4.90 Å². The van der Waals surface area contributed by atoms with Crippen molar-refractivity contribution < 1.29 is 12.8 Å². The molecule has 5 nitrogen and oxygen atoms in total. The number of aryl methyl sites for hydroxylation is 2. The van der Waals surface area contributed by atoms with Crippen molar-refractivity contribution in [3.63, 3.8) is 0 Å². The molecule has 1 fully saturated rings. The van der Waals surface area contributed by atoms with Gasteiger partial charge in [-0.1, -0.05) is 35.9 Å². The molecule has 2 heterocycles. The van der Waals surface area contributed by atoms with E-state index in [1.165, 1.54) is 0 Å². The third-order valence-corrected chi connectivity index (χ3v) is 6.60. The van der Waals surface area contributed by atoms with Gasteiger partial charge in [-0.25, -0.2) is 8.42 Å². The molecule has 0 saturated carbocycles. The minimum absolute atomic E-state index is 0.00602. The molecule has 0 radical (unpaired) electrons. The molecule has 1 aromatic heterocycles. The highest BCUT2D eigenvalue weighted by molar-refractivity contribution is 7.91. The van der Waals surface area contributed by atoms with E-state index in [2.05, 4.69) is 4.98 Å². The average Bonchev–Trinajstić information content (AvgIpc) is 3.32. The first-order valence-corrected chi connectivity index (χ1v) is 10.6. The van der Waals surface area contributed by atoms with Crippen LogP contribution in [0.1, 0.15) is 24.0 Å². The molecule has 2 aromatic carbocycles. The molecule has 1 aliphatic heterocycles. The lowest BCUT2D eigenvalue weighted by Gasteiger charge is -2.14. The van der Waals surface area contributed by atoms with Crippen molar-refractivity contribution in [1.29, 1.82) is 0 Å². The van der Waals surface area contributed by atoms with Crippen LogP contribution in [0.3, 0.4) is 0 Å². The lowest BCUT2D eigenvalue weighted by Crippen LogP contribution is -2.19. The Morgan fingerprint density at radius 2 is 1.63 bits per heavy atom. The molecule has 3 aromatic rings. The molecule has 0 spiro atoms. The van der Waals surface area contributed by atoms with Crippen LogP contribution in [-0.4, -0.2) is 26.5 Å². The number of anilines is 1. The number of oxazole rings is 1. The van der Waals surface area contributed by atoms with Crippen molar-refractivity contribution in [2.45, 2.75) is 36.6 Å². The molecule has 0 N–H and O–H groups in total. The topological polar surface area (TPSA) is 63.4 Å². The summed E-state index contributed by atoms with van der Waals surface area (Å²) in [5.41, 5.74) is 2.81. The summed E-state index contributed by atoms with van der Waals surface area (Å²) in [6.07, 6.45) is 2.04. The lowest BCUT2D eigenvalue weighted by atomic mass is 10.1. The van der Waals surface area contributed by atoms with E-state index < -0.39 is 9.84 Å².